The van der Waals surface area contributed by atoms with Crippen LogP contribution in [0.1, 0.15) is 39.0 Å². The predicted octanol–water partition coefficient (Wildman–Crippen LogP) is 4.52. The number of pyridine rings is 1. The van der Waals surface area contributed by atoms with Gasteiger partial charge in [-0.2, -0.15) is 0 Å². The Morgan fingerprint density at radius 3 is 2.53 bits per heavy atom. The summed E-state index contributed by atoms with van der Waals surface area (Å²) in [5.74, 6) is 0.458. The molecule has 0 saturated carbocycles. The van der Waals surface area contributed by atoms with Crippen LogP contribution in [0.15, 0.2) is 77.6 Å². The van der Waals surface area contributed by atoms with Crippen LogP contribution in [0, 0.1) is 0 Å². The van der Waals surface area contributed by atoms with Crippen molar-refractivity contribution in [2.75, 3.05) is 13.7 Å². The molecule has 0 radical (unpaired) electrons. The molecule has 0 bridgehead atoms. The number of carbonyl (C=O) groups excluding carboxylic acids is 1. The maximum atomic E-state index is 13.5. The number of hydrogen-bond acceptors (Lipinski definition) is 3. The van der Waals surface area contributed by atoms with Crippen molar-refractivity contribution < 1.29 is 9.53 Å². The monoisotopic (exact) mass is 452 g/mol. The van der Waals surface area contributed by atoms with Gasteiger partial charge in [0.05, 0.1) is 19.2 Å². The molecule has 1 amide bonds. The smallest absolute Gasteiger partial charge is 0.264 e. The molecule has 0 atom stereocenters. The van der Waals surface area contributed by atoms with E-state index in [0.717, 1.165) is 40.6 Å². The minimum absolute atomic E-state index is 0.176. The van der Waals surface area contributed by atoms with Crippen LogP contribution in [-0.2, 0) is 25.8 Å². The number of methoxy groups -OCH3 is 1. The number of aryl methyl sites for hydroxylation is 2. The number of para-hydroxylation sites is 1. The van der Waals surface area contributed by atoms with Gasteiger partial charge in [0.15, 0.2) is 0 Å². The van der Waals surface area contributed by atoms with Crippen LogP contribution >= 0.6 is 0 Å². The Morgan fingerprint density at radius 2 is 1.71 bits per heavy atom. The van der Waals surface area contributed by atoms with E-state index in [2.05, 4.69) is 23.5 Å². The van der Waals surface area contributed by atoms with E-state index >= 15 is 0 Å². The van der Waals surface area contributed by atoms with Crippen molar-refractivity contribution in [3.8, 4) is 5.75 Å². The number of nitrogens with one attached hydrogen (secondary N) is 1. The molecule has 0 aliphatic heterocycles. The highest BCUT2D eigenvalue weighted by molar-refractivity contribution is 5.97. The summed E-state index contributed by atoms with van der Waals surface area (Å²) in [5.41, 5.74) is 5.71. The highest BCUT2D eigenvalue weighted by Gasteiger charge is 2.17. The second kappa shape index (κ2) is 9.56. The Hall–Kier alpha value is -3.86. The van der Waals surface area contributed by atoms with Gasteiger partial charge in [-0.3, -0.25) is 9.59 Å². The molecule has 4 aromatic rings. The first-order valence-electron chi connectivity index (χ1n) is 11.8. The highest BCUT2D eigenvalue weighted by Crippen LogP contribution is 2.24. The van der Waals surface area contributed by atoms with E-state index in [0.29, 0.717) is 19.5 Å². The fourth-order valence-electron chi connectivity index (χ4n) is 4.76. The lowest BCUT2D eigenvalue weighted by molar-refractivity contribution is 0.0952. The molecule has 1 aromatic heterocycles. The fraction of sp³-hybridized carbons (Fsp3) is 0.241. The molecule has 0 unspecified atom stereocenters. The summed E-state index contributed by atoms with van der Waals surface area (Å²) in [7, 11) is 1.63. The Balaban J connectivity index is 1.39. The van der Waals surface area contributed by atoms with Crippen molar-refractivity contribution in [3.05, 3.63) is 111 Å². The molecule has 0 spiro atoms. The Bertz CT molecular complexity index is 1400. The molecule has 1 aliphatic rings. The number of rotatable bonds is 7. The number of benzene rings is 3. The van der Waals surface area contributed by atoms with Crippen molar-refractivity contribution in [2.24, 2.45) is 0 Å². The normalized spacial score (nSPS) is 12.5. The van der Waals surface area contributed by atoms with Crippen LogP contribution < -0.4 is 15.6 Å². The number of nitrogens with zero attached hydrogens (tertiary/aromatic N) is 1. The molecular formula is C29H28N2O3. The molecule has 0 saturated heterocycles. The summed E-state index contributed by atoms with van der Waals surface area (Å²) >= 11 is 0. The molecule has 1 N–H and O–H groups in total. The van der Waals surface area contributed by atoms with Gasteiger partial charge in [0.25, 0.3) is 11.5 Å². The standard InChI is InChI=1S/C29H28N2O3/c1-34-25-13-10-20(11-14-25)15-16-30-28(32)26-18-24-5-2-3-8-27(24)31(29(26)33)19-21-9-12-22-6-4-7-23(22)17-21/h2-3,5,8-14,17-18H,4,6-7,15-16,19H2,1H3,(H,30,32). The summed E-state index contributed by atoms with van der Waals surface area (Å²) in [4.78, 5) is 26.5. The summed E-state index contributed by atoms with van der Waals surface area (Å²) < 4.78 is 6.91. The average Bonchev–Trinajstić information content (AvgIpc) is 3.34. The van der Waals surface area contributed by atoms with Crippen LogP contribution in [-0.4, -0.2) is 24.1 Å². The van der Waals surface area contributed by atoms with Gasteiger partial charge < -0.3 is 14.6 Å². The number of ether oxygens (including phenoxy) is 1. The van der Waals surface area contributed by atoms with Gasteiger partial charge in [0.2, 0.25) is 0 Å². The first kappa shape index (κ1) is 22.0. The molecule has 1 heterocycles. The van der Waals surface area contributed by atoms with Crippen LogP contribution in [0.2, 0.25) is 0 Å². The van der Waals surface area contributed by atoms with Crippen molar-refractivity contribution in [2.45, 2.75) is 32.2 Å². The molecule has 5 heteroatoms. The number of aromatic nitrogens is 1. The lowest BCUT2D eigenvalue weighted by Crippen LogP contribution is -2.34. The Labute approximate surface area is 199 Å². The maximum Gasteiger partial charge on any atom is 0.264 e. The van der Waals surface area contributed by atoms with E-state index in [-0.39, 0.29) is 17.0 Å². The number of amides is 1. The zero-order valence-corrected chi connectivity index (χ0v) is 19.3. The van der Waals surface area contributed by atoms with Crippen molar-refractivity contribution >= 4 is 16.8 Å². The Morgan fingerprint density at radius 1 is 0.941 bits per heavy atom. The second-order valence-corrected chi connectivity index (χ2v) is 8.82. The van der Waals surface area contributed by atoms with Gasteiger partial charge in [0.1, 0.15) is 11.3 Å². The van der Waals surface area contributed by atoms with Gasteiger partial charge in [-0.05, 0) is 77.6 Å². The quantitative estimate of drug-likeness (QED) is 0.449. The molecule has 0 fully saturated rings. The lowest BCUT2D eigenvalue weighted by Gasteiger charge is -2.14. The number of fused-ring (bicyclic) bond motifs is 2. The zero-order chi connectivity index (χ0) is 23.5. The summed E-state index contributed by atoms with van der Waals surface area (Å²) in [6, 6.07) is 23.7. The van der Waals surface area contributed by atoms with E-state index in [9.17, 15) is 9.59 Å². The highest BCUT2D eigenvalue weighted by atomic mass is 16.5. The van der Waals surface area contributed by atoms with Crippen LogP contribution in [0.5, 0.6) is 5.75 Å². The van der Waals surface area contributed by atoms with Gasteiger partial charge >= 0.3 is 0 Å². The molecule has 5 rings (SSSR count). The van der Waals surface area contributed by atoms with Crippen LogP contribution in [0.25, 0.3) is 10.9 Å². The molecule has 34 heavy (non-hydrogen) atoms. The van der Waals surface area contributed by atoms with Gasteiger partial charge in [0, 0.05) is 6.54 Å². The van der Waals surface area contributed by atoms with E-state index < -0.39 is 0 Å². The topological polar surface area (TPSA) is 60.3 Å². The first-order valence-corrected chi connectivity index (χ1v) is 11.8. The molecule has 5 nitrogen and oxygen atoms in total. The third-order valence-corrected chi connectivity index (χ3v) is 6.61. The zero-order valence-electron chi connectivity index (χ0n) is 19.3. The van der Waals surface area contributed by atoms with Crippen LogP contribution in [0.4, 0.5) is 0 Å². The predicted molar refractivity (Wildman–Crippen MR) is 135 cm³/mol. The van der Waals surface area contributed by atoms with Crippen LogP contribution in [0.3, 0.4) is 0 Å². The fourth-order valence-corrected chi connectivity index (χ4v) is 4.76. The lowest BCUT2D eigenvalue weighted by atomic mass is 10.1. The van der Waals surface area contributed by atoms with Crippen molar-refractivity contribution in [3.63, 3.8) is 0 Å². The van der Waals surface area contributed by atoms with E-state index in [1.165, 1.54) is 17.5 Å². The van der Waals surface area contributed by atoms with Crippen molar-refractivity contribution in [1.82, 2.24) is 9.88 Å². The third-order valence-electron chi connectivity index (χ3n) is 6.61. The van der Waals surface area contributed by atoms with E-state index in [1.54, 1.807) is 17.7 Å². The number of hydrogen-bond donors (Lipinski definition) is 1. The Kier molecular flexibility index (Phi) is 6.17. The maximum absolute atomic E-state index is 13.5. The molecule has 172 valence electrons. The van der Waals surface area contributed by atoms with Gasteiger partial charge in [-0.25, -0.2) is 0 Å². The summed E-state index contributed by atoms with van der Waals surface area (Å²) in [6.45, 7) is 0.891. The molecule has 1 aliphatic carbocycles. The SMILES string of the molecule is COc1ccc(CCNC(=O)c2cc3ccccc3n(Cc3ccc4c(c3)CCC4)c2=O)cc1. The average molecular weight is 453 g/mol. The van der Waals surface area contributed by atoms with Crippen molar-refractivity contribution in [1.29, 1.82) is 0 Å². The largest absolute Gasteiger partial charge is 0.497 e. The van der Waals surface area contributed by atoms with E-state index in [4.69, 9.17) is 4.74 Å². The molecular weight excluding hydrogens is 424 g/mol. The number of carbonyl (C=O) groups is 1. The van der Waals surface area contributed by atoms with E-state index in [1.807, 2.05) is 48.5 Å². The van der Waals surface area contributed by atoms with Gasteiger partial charge in [-0.15, -0.1) is 0 Å². The minimum Gasteiger partial charge on any atom is -0.497 e. The summed E-state index contributed by atoms with van der Waals surface area (Å²) in [5, 5.41) is 3.80. The summed E-state index contributed by atoms with van der Waals surface area (Å²) in [6.07, 6.45) is 4.08. The first-order chi connectivity index (χ1) is 16.6. The second-order valence-electron chi connectivity index (χ2n) is 8.82. The third kappa shape index (κ3) is 4.46. The minimum atomic E-state index is -0.341. The molecule has 3 aromatic carbocycles. The van der Waals surface area contributed by atoms with Gasteiger partial charge in [-0.1, -0.05) is 48.5 Å².